The van der Waals surface area contributed by atoms with Gasteiger partial charge in [0.05, 0.1) is 0 Å². The molecule has 3 unspecified atom stereocenters. The maximum absolute atomic E-state index is 3.62. The van der Waals surface area contributed by atoms with E-state index in [1.807, 2.05) is 0 Å². The number of piperazine rings is 1. The van der Waals surface area contributed by atoms with Crippen LogP contribution in [0, 0.1) is 0 Å². The molecule has 0 spiro atoms. The Morgan fingerprint density at radius 1 is 1.17 bits per heavy atom. The molecule has 2 nitrogen and oxygen atoms in total. The van der Waals surface area contributed by atoms with Crippen molar-refractivity contribution in [3.05, 3.63) is 35.9 Å². The number of hydrogen-bond acceptors (Lipinski definition) is 2. The van der Waals surface area contributed by atoms with Crippen molar-refractivity contribution in [1.82, 2.24) is 10.2 Å². The van der Waals surface area contributed by atoms with Gasteiger partial charge in [0.25, 0.3) is 0 Å². The fraction of sp³-hybridized carbons (Fsp3) is 0.625. The van der Waals surface area contributed by atoms with Gasteiger partial charge < -0.3 is 5.32 Å². The van der Waals surface area contributed by atoms with E-state index in [4.69, 9.17) is 0 Å². The van der Waals surface area contributed by atoms with Gasteiger partial charge in [0.2, 0.25) is 0 Å². The molecule has 100 valence electrons. The molecule has 1 aromatic carbocycles. The smallest absolute Gasteiger partial charge is 0.0349 e. The summed E-state index contributed by atoms with van der Waals surface area (Å²) in [6.07, 6.45) is 2.50. The monoisotopic (exact) mass is 246 g/mol. The summed E-state index contributed by atoms with van der Waals surface area (Å²) >= 11 is 0. The molecule has 0 aromatic heterocycles. The molecule has 0 amide bonds. The van der Waals surface area contributed by atoms with Gasteiger partial charge in [-0.05, 0) is 25.8 Å². The standard InChI is InChI=1S/C16H26N2/c1-4-8-16(15-9-6-5-7-10-15)18-11-13(2)17-14(3)12-18/h5-7,9-10,13-14,16-17H,4,8,11-12H2,1-3H3. The third-order valence-corrected chi connectivity index (χ3v) is 3.77. The fourth-order valence-electron chi connectivity index (χ4n) is 3.13. The molecule has 1 aliphatic rings. The van der Waals surface area contributed by atoms with Crippen molar-refractivity contribution >= 4 is 0 Å². The molecule has 2 heteroatoms. The van der Waals surface area contributed by atoms with Gasteiger partial charge in [0, 0.05) is 31.2 Å². The van der Waals surface area contributed by atoms with Gasteiger partial charge in [-0.1, -0.05) is 43.7 Å². The summed E-state index contributed by atoms with van der Waals surface area (Å²) in [4.78, 5) is 2.66. The molecule has 1 saturated heterocycles. The minimum atomic E-state index is 0.586. The highest BCUT2D eigenvalue weighted by atomic mass is 15.2. The maximum atomic E-state index is 3.62. The van der Waals surface area contributed by atoms with E-state index < -0.39 is 0 Å². The molecule has 1 heterocycles. The predicted octanol–water partition coefficient (Wildman–Crippen LogP) is 3.21. The summed E-state index contributed by atoms with van der Waals surface area (Å²) in [5.74, 6) is 0. The van der Waals surface area contributed by atoms with Crippen molar-refractivity contribution in [3.8, 4) is 0 Å². The van der Waals surface area contributed by atoms with Crippen LogP contribution in [0.3, 0.4) is 0 Å². The first kappa shape index (κ1) is 13.6. The summed E-state index contributed by atoms with van der Waals surface area (Å²) in [5, 5.41) is 3.62. The lowest BCUT2D eigenvalue weighted by atomic mass is 9.98. The van der Waals surface area contributed by atoms with Crippen LogP contribution < -0.4 is 5.32 Å². The Morgan fingerprint density at radius 2 is 1.78 bits per heavy atom. The zero-order valence-electron chi connectivity index (χ0n) is 11.9. The van der Waals surface area contributed by atoms with Gasteiger partial charge >= 0.3 is 0 Å². The summed E-state index contributed by atoms with van der Waals surface area (Å²) in [7, 11) is 0. The maximum Gasteiger partial charge on any atom is 0.0349 e. The van der Waals surface area contributed by atoms with E-state index in [-0.39, 0.29) is 0 Å². The zero-order chi connectivity index (χ0) is 13.0. The third kappa shape index (κ3) is 3.33. The molecule has 0 bridgehead atoms. The lowest BCUT2D eigenvalue weighted by Gasteiger charge is -2.41. The average molecular weight is 246 g/mol. The summed E-state index contributed by atoms with van der Waals surface area (Å²) in [6, 6.07) is 12.8. The molecule has 1 aromatic rings. The van der Waals surface area contributed by atoms with Gasteiger partial charge in [-0.2, -0.15) is 0 Å². The Balaban J connectivity index is 2.14. The van der Waals surface area contributed by atoms with Gasteiger partial charge in [-0.15, -0.1) is 0 Å². The number of rotatable bonds is 4. The molecular weight excluding hydrogens is 220 g/mol. The summed E-state index contributed by atoms with van der Waals surface area (Å²) in [5.41, 5.74) is 1.47. The van der Waals surface area contributed by atoms with Gasteiger partial charge in [0.1, 0.15) is 0 Å². The van der Waals surface area contributed by atoms with Gasteiger partial charge in [0.15, 0.2) is 0 Å². The Hall–Kier alpha value is -0.860. The quantitative estimate of drug-likeness (QED) is 0.877. The van der Waals surface area contributed by atoms with Crippen molar-refractivity contribution in [1.29, 1.82) is 0 Å². The van der Waals surface area contributed by atoms with E-state index in [0.717, 1.165) is 13.1 Å². The molecular formula is C16H26N2. The summed E-state index contributed by atoms with van der Waals surface area (Å²) < 4.78 is 0. The highest BCUT2D eigenvalue weighted by Gasteiger charge is 2.27. The summed E-state index contributed by atoms with van der Waals surface area (Å²) in [6.45, 7) is 9.17. The van der Waals surface area contributed by atoms with E-state index in [1.54, 1.807) is 0 Å². The first-order valence-corrected chi connectivity index (χ1v) is 7.25. The molecule has 1 aliphatic heterocycles. The van der Waals surface area contributed by atoms with Crippen LogP contribution in [-0.2, 0) is 0 Å². The topological polar surface area (TPSA) is 15.3 Å². The molecule has 2 rings (SSSR count). The van der Waals surface area contributed by atoms with E-state index in [9.17, 15) is 0 Å². The lowest BCUT2D eigenvalue weighted by molar-refractivity contribution is 0.116. The molecule has 1 N–H and O–H groups in total. The van der Waals surface area contributed by atoms with Gasteiger partial charge in [-0.3, -0.25) is 4.90 Å². The Morgan fingerprint density at radius 3 is 2.33 bits per heavy atom. The second-order valence-electron chi connectivity index (χ2n) is 5.64. The Kier molecular flexibility index (Phi) is 4.79. The Labute approximate surface area is 111 Å². The first-order chi connectivity index (χ1) is 8.70. The SMILES string of the molecule is CCCC(c1ccccc1)N1CC(C)NC(C)C1. The van der Waals surface area contributed by atoms with Gasteiger partial charge in [-0.25, -0.2) is 0 Å². The van der Waals surface area contributed by atoms with E-state index >= 15 is 0 Å². The highest BCUT2D eigenvalue weighted by molar-refractivity contribution is 5.19. The predicted molar refractivity (Wildman–Crippen MR) is 77.7 cm³/mol. The molecule has 3 atom stereocenters. The van der Waals surface area contributed by atoms with Crippen molar-refractivity contribution in [2.45, 2.75) is 51.7 Å². The lowest BCUT2D eigenvalue weighted by Crippen LogP contribution is -2.54. The van der Waals surface area contributed by atoms with Crippen LogP contribution in [0.2, 0.25) is 0 Å². The van der Waals surface area contributed by atoms with Crippen molar-refractivity contribution < 1.29 is 0 Å². The number of benzene rings is 1. The molecule has 0 aliphatic carbocycles. The second-order valence-corrected chi connectivity index (χ2v) is 5.64. The number of hydrogen-bond donors (Lipinski definition) is 1. The molecule has 18 heavy (non-hydrogen) atoms. The largest absolute Gasteiger partial charge is 0.309 e. The number of nitrogens with one attached hydrogen (secondary N) is 1. The van der Waals surface area contributed by atoms with Crippen LogP contribution in [0.4, 0.5) is 0 Å². The van der Waals surface area contributed by atoms with E-state index in [1.165, 1.54) is 18.4 Å². The van der Waals surface area contributed by atoms with Crippen LogP contribution in [0.15, 0.2) is 30.3 Å². The molecule has 0 radical (unpaired) electrons. The van der Waals surface area contributed by atoms with Crippen LogP contribution in [0.25, 0.3) is 0 Å². The zero-order valence-corrected chi connectivity index (χ0v) is 11.9. The minimum Gasteiger partial charge on any atom is -0.309 e. The van der Waals surface area contributed by atoms with Crippen LogP contribution >= 0.6 is 0 Å². The van der Waals surface area contributed by atoms with Crippen LogP contribution in [0.5, 0.6) is 0 Å². The van der Waals surface area contributed by atoms with Crippen LogP contribution in [0.1, 0.15) is 45.2 Å². The normalized spacial score (nSPS) is 27.1. The highest BCUT2D eigenvalue weighted by Crippen LogP contribution is 2.27. The molecule has 0 saturated carbocycles. The number of nitrogens with zero attached hydrogens (tertiary/aromatic N) is 1. The van der Waals surface area contributed by atoms with E-state index in [0.29, 0.717) is 18.1 Å². The Bertz CT molecular complexity index is 339. The van der Waals surface area contributed by atoms with Crippen molar-refractivity contribution in [3.63, 3.8) is 0 Å². The van der Waals surface area contributed by atoms with Crippen molar-refractivity contribution in [2.24, 2.45) is 0 Å². The van der Waals surface area contributed by atoms with E-state index in [2.05, 4.69) is 61.3 Å². The molecule has 1 fully saturated rings. The second kappa shape index (κ2) is 6.35. The first-order valence-electron chi connectivity index (χ1n) is 7.25. The minimum absolute atomic E-state index is 0.586. The fourth-order valence-corrected chi connectivity index (χ4v) is 3.13. The van der Waals surface area contributed by atoms with Crippen LogP contribution in [-0.4, -0.2) is 30.1 Å². The third-order valence-electron chi connectivity index (χ3n) is 3.77. The van der Waals surface area contributed by atoms with Crippen molar-refractivity contribution in [2.75, 3.05) is 13.1 Å². The average Bonchev–Trinajstić information content (AvgIpc) is 2.36.